The Bertz CT molecular complexity index is 344. The van der Waals surface area contributed by atoms with E-state index in [-0.39, 0.29) is 5.69 Å². The molecule has 14 heavy (non-hydrogen) atoms. The summed E-state index contributed by atoms with van der Waals surface area (Å²) in [5.74, 6) is -0.0785. The van der Waals surface area contributed by atoms with Crippen LogP contribution in [0.3, 0.4) is 0 Å². The molecule has 1 N–H and O–H groups in total. The zero-order chi connectivity index (χ0) is 10.7. The van der Waals surface area contributed by atoms with Crippen LogP contribution in [0, 0.1) is 6.92 Å². The second-order valence-electron chi connectivity index (χ2n) is 3.02. The molecule has 5 heteroatoms. The van der Waals surface area contributed by atoms with Gasteiger partial charge in [-0.15, -0.1) is 0 Å². The molecule has 0 aromatic carbocycles. The summed E-state index contributed by atoms with van der Waals surface area (Å²) in [6, 6.07) is 0. The van der Waals surface area contributed by atoms with Gasteiger partial charge in [-0.25, -0.2) is 9.78 Å². The van der Waals surface area contributed by atoms with Crippen LogP contribution in [-0.4, -0.2) is 28.0 Å². The lowest BCUT2D eigenvalue weighted by molar-refractivity contribution is 0.0543. The molecule has 0 atom stereocenters. The highest BCUT2D eigenvalue weighted by atomic mass is 16.5. The fourth-order valence-electron chi connectivity index (χ4n) is 1.29. The molecular formula is C9H14N2O3. The summed E-state index contributed by atoms with van der Waals surface area (Å²) in [7, 11) is 1.27. The Hall–Kier alpha value is -1.52. The third kappa shape index (κ3) is 1.71. The van der Waals surface area contributed by atoms with Gasteiger partial charge in [0.2, 0.25) is 0 Å². The quantitative estimate of drug-likeness (QED) is 0.585. The Labute approximate surface area is 82.3 Å². The average Bonchev–Trinajstić information content (AvgIpc) is 2.42. The van der Waals surface area contributed by atoms with Gasteiger partial charge in [-0.2, -0.15) is 4.73 Å². The van der Waals surface area contributed by atoms with Crippen molar-refractivity contribution in [1.29, 1.82) is 0 Å². The zero-order valence-electron chi connectivity index (χ0n) is 8.57. The van der Waals surface area contributed by atoms with Crippen LogP contribution in [0.25, 0.3) is 0 Å². The predicted octanol–water partition coefficient (Wildman–Crippen LogP) is 1.17. The van der Waals surface area contributed by atoms with Crippen LogP contribution >= 0.6 is 0 Å². The van der Waals surface area contributed by atoms with Crippen molar-refractivity contribution in [3.05, 3.63) is 17.2 Å². The molecule has 1 heterocycles. The molecule has 0 aliphatic heterocycles. The number of carbonyl (C=O) groups excluding carboxylic acids is 1. The fourth-order valence-corrected chi connectivity index (χ4v) is 1.29. The lowest BCUT2D eigenvalue weighted by Crippen LogP contribution is -2.11. The van der Waals surface area contributed by atoms with Gasteiger partial charge in [0.25, 0.3) is 0 Å². The number of aromatic nitrogens is 2. The van der Waals surface area contributed by atoms with Crippen LogP contribution in [0.4, 0.5) is 0 Å². The molecule has 0 aliphatic carbocycles. The largest absolute Gasteiger partial charge is 0.464 e. The van der Waals surface area contributed by atoms with Gasteiger partial charge >= 0.3 is 5.97 Å². The number of rotatable bonds is 3. The lowest BCUT2D eigenvalue weighted by Gasteiger charge is -2.01. The van der Waals surface area contributed by atoms with Crippen molar-refractivity contribution in [2.45, 2.75) is 26.7 Å². The molecule has 5 nitrogen and oxygen atoms in total. The minimum Gasteiger partial charge on any atom is -0.464 e. The highest BCUT2D eigenvalue weighted by Gasteiger charge is 2.20. The molecular weight excluding hydrogens is 184 g/mol. The third-order valence-corrected chi connectivity index (χ3v) is 1.95. The Kier molecular flexibility index (Phi) is 3.11. The van der Waals surface area contributed by atoms with E-state index in [9.17, 15) is 10.0 Å². The van der Waals surface area contributed by atoms with Gasteiger partial charge in [0, 0.05) is 6.42 Å². The van der Waals surface area contributed by atoms with E-state index in [4.69, 9.17) is 0 Å². The van der Waals surface area contributed by atoms with Crippen molar-refractivity contribution < 1.29 is 14.7 Å². The highest BCUT2D eigenvalue weighted by Crippen LogP contribution is 2.11. The molecule has 78 valence electrons. The normalized spacial score (nSPS) is 10.2. The first-order valence-electron chi connectivity index (χ1n) is 4.47. The van der Waals surface area contributed by atoms with E-state index in [1.54, 1.807) is 6.92 Å². The lowest BCUT2D eigenvalue weighted by atomic mass is 10.3. The van der Waals surface area contributed by atoms with E-state index in [0.29, 0.717) is 17.9 Å². The number of hydrogen-bond acceptors (Lipinski definition) is 4. The van der Waals surface area contributed by atoms with Gasteiger partial charge in [0.15, 0.2) is 5.69 Å². The minimum absolute atomic E-state index is 0.107. The van der Waals surface area contributed by atoms with E-state index in [1.807, 2.05) is 6.92 Å². The second-order valence-corrected chi connectivity index (χ2v) is 3.02. The Balaban J connectivity index is 3.11. The van der Waals surface area contributed by atoms with Crippen molar-refractivity contribution in [1.82, 2.24) is 9.71 Å². The van der Waals surface area contributed by atoms with Crippen LogP contribution in [0.5, 0.6) is 0 Å². The molecule has 1 aromatic heterocycles. The molecule has 0 radical (unpaired) electrons. The van der Waals surface area contributed by atoms with Crippen molar-refractivity contribution in [3.8, 4) is 0 Å². The number of hydrogen-bond donors (Lipinski definition) is 1. The first kappa shape index (κ1) is 10.6. The van der Waals surface area contributed by atoms with Crippen molar-refractivity contribution in [2.75, 3.05) is 7.11 Å². The zero-order valence-corrected chi connectivity index (χ0v) is 8.57. The maximum atomic E-state index is 11.2. The Morgan fingerprint density at radius 2 is 2.29 bits per heavy atom. The van der Waals surface area contributed by atoms with E-state index >= 15 is 0 Å². The molecule has 1 aromatic rings. The van der Waals surface area contributed by atoms with Gasteiger partial charge in [0.1, 0.15) is 5.82 Å². The number of aryl methyl sites for hydroxylation is 2. The second kappa shape index (κ2) is 4.13. The van der Waals surface area contributed by atoms with Crippen LogP contribution in [0.2, 0.25) is 0 Å². The van der Waals surface area contributed by atoms with E-state index in [2.05, 4.69) is 9.72 Å². The van der Waals surface area contributed by atoms with E-state index < -0.39 is 5.97 Å². The molecule has 1 rings (SSSR count). The molecule has 0 unspecified atom stereocenters. The standard InChI is InChI=1S/C9H14N2O3/c1-4-5-7-10-6(2)8(11(7)13)9(12)14-3/h13H,4-5H2,1-3H3. The number of carbonyl (C=O) groups is 1. The molecule has 0 fully saturated rings. The summed E-state index contributed by atoms with van der Waals surface area (Å²) in [4.78, 5) is 15.3. The first-order valence-corrected chi connectivity index (χ1v) is 4.47. The summed E-state index contributed by atoms with van der Waals surface area (Å²) >= 11 is 0. The monoisotopic (exact) mass is 198 g/mol. The topological polar surface area (TPSA) is 64.3 Å². The molecule has 0 amide bonds. The van der Waals surface area contributed by atoms with Crippen LogP contribution in [0.1, 0.15) is 35.4 Å². The Morgan fingerprint density at radius 1 is 1.64 bits per heavy atom. The molecule has 0 spiro atoms. The van der Waals surface area contributed by atoms with Crippen LogP contribution < -0.4 is 0 Å². The smallest absolute Gasteiger partial charge is 0.360 e. The Morgan fingerprint density at radius 3 is 2.79 bits per heavy atom. The molecule has 0 saturated carbocycles. The number of imidazole rings is 1. The van der Waals surface area contributed by atoms with Gasteiger partial charge in [-0.3, -0.25) is 0 Å². The minimum atomic E-state index is -0.570. The summed E-state index contributed by atoms with van der Waals surface area (Å²) < 4.78 is 5.34. The predicted molar refractivity (Wildman–Crippen MR) is 49.5 cm³/mol. The van der Waals surface area contributed by atoms with Crippen molar-refractivity contribution >= 4 is 5.97 Å². The maximum absolute atomic E-state index is 11.2. The summed E-state index contributed by atoms with van der Waals surface area (Å²) in [5.41, 5.74) is 0.596. The number of methoxy groups -OCH3 is 1. The van der Waals surface area contributed by atoms with Gasteiger partial charge < -0.3 is 9.94 Å². The van der Waals surface area contributed by atoms with Crippen molar-refractivity contribution in [3.63, 3.8) is 0 Å². The fraction of sp³-hybridized carbons (Fsp3) is 0.556. The maximum Gasteiger partial charge on any atom is 0.360 e. The van der Waals surface area contributed by atoms with E-state index in [0.717, 1.165) is 11.2 Å². The third-order valence-electron chi connectivity index (χ3n) is 1.95. The van der Waals surface area contributed by atoms with Gasteiger partial charge in [-0.05, 0) is 13.3 Å². The SMILES string of the molecule is CCCc1nc(C)c(C(=O)OC)n1O. The average molecular weight is 198 g/mol. The van der Waals surface area contributed by atoms with E-state index in [1.165, 1.54) is 7.11 Å². The molecule has 0 aliphatic rings. The van der Waals surface area contributed by atoms with Crippen LogP contribution in [-0.2, 0) is 11.2 Å². The summed E-state index contributed by atoms with van der Waals surface area (Å²) in [6.07, 6.45) is 1.49. The number of nitrogens with zero attached hydrogens (tertiary/aromatic N) is 2. The number of ether oxygens (including phenoxy) is 1. The van der Waals surface area contributed by atoms with Gasteiger partial charge in [-0.1, -0.05) is 6.92 Å². The number of esters is 1. The molecule has 0 saturated heterocycles. The van der Waals surface area contributed by atoms with Crippen molar-refractivity contribution in [2.24, 2.45) is 0 Å². The summed E-state index contributed by atoms with van der Waals surface area (Å²) in [5, 5.41) is 9.60. The molecule has 0 bridgehead atoms. The first-order chi connectivity index (χ1) is 6.61. The van der Waals surface area contributed by atoms with Crippen LogP contribution in [0.15, 0.2) is 0 Å². The van der Waals surface area contributed by atoms with Gasteiger partial charge in [0.05, 0.1) is 12.8 Å². The highest BCUT2D eigenvalue weighted by molar-refractivity contribution is 5.88. The summed E-state index contributed by atoms with van der Waals surface area (Å²) in [6.45, 7) is 3.64.